The van der Waals surface area contributed by atoms with Gasteiger partial charge in [-0.15, -0.1) is 0 Å². The highest BCUT2D eigenvalue weighted by Gasteiger charge is 2.27. The van der Waals surface area contributed by atoms with Crippen LogP contribution in [0.25, 0.3) is 0 Å². The molecule has 0 aromatic carbocycles. The second kappa shape index (κ2) is 7.45. The molecular weight excluding hydrogens is 246 g/mol. The zero-order chi connectivity index (χ0) is 14.4. The molecule has 0 spiro atoms. The third-order valence-electron chi connectivity index (χ3n) is 2.95. The van der Waals surface area contributed by atoms with Crippen LogP contribution in [0, 0.1) is 5.92 Å². The van der Waals surface area contributed by atoms with Gasteiger partial charge in [0.25, 0.3) is 5.91 Å². The highest BCUT2D eigenvalue weighted by Crippen LogP contribution is 1.97. The van der Waals surface area contributed by atoms with Gasteiger partial charge in [-0.25, -0.2) is 4.79 Å². The average Bonchev–Trinajstić information content (AvgIpc) is 2.24. The van der Waals surface area contributed by atoms with E-state index in [1.54, 1.807) is 0 Å². The lowest BCUT2D eigenvalue weighted by molar-refractivity contribution is -0.907. The van der Waals surface area contributed by atoms with Gasteiger partial charge in [0.2, 0.25) is 0 Å². The molecule has 1 rings (SSSR count). The molecule has 3 atom stereocenters. The van der Waals surface area contributed by atoms with Gasteiger partial charge in [0.1, 0.15) is 25.3 Å². The van der Waals surface area contributed by atoms with E-state index in [0.29, 0.717) is 19.0 Å². The first-order valence-electron chi connectivity index (χ1n) is 6.93. The number of nitrogens with one attached hydrogen (secondary N) is 3. The molecule has 0 aliphatic carbocycles. The first kappa shape index (κ1) is 15.9. The van der Waals surface area contributed by atoms with Gasteiger partial charge in [-0.3, -0.25) is 10.1 Å². The van der Waals surface area contributed by atoms with E-state index in [9.17, 15) is 9.59 Å². The zero-order valence-electron chi connectivity index (χ0n) is 12.3. The Balaban J connectivity index is 2.28. The Morgan fingerprint density at radius 1 is 1.26 bits per heavy atom. The minimum atomic E-state index is -0.410. The minimum absolute atomic E-state index is 0.154. The molecule has 0 aromatic heterocycles. The first-order chi connectivity index (χ1) is 8.86. The Labute approximate surface area is 114 Å². The summed E-state index contributed by atoms with van der Waals surface area (Å²) >= 11 is 0. The van der Waals surface area contributed by atoms with Crippen LogP contribution < -0.4 is 15.5 Å². The van der Waals surface area contributed by atoms with E-state index in [4.69, 9.17) is 4.74 Å². The summed E-state index contributed by atoms with van der Waals surface area (Å²) in [6.45, 7) is 10.5. The zero-order valence-corrected chi connectivity index (χ0v) is 12.3. The van der Waals surface area contributed by atoms with Crippen molar-refractivity contribution in [1.82, 2.24) is 10.6 Å². The maximum Gasteiger partial charge on any atom is 0.321 e. The van der Waals surface area contributed by atoms with E-state index in [1.165, 1.54) is 0 Å². The van der Waals surface area contributed by atoms with Crippen LogP contribution in [-0.4, -0.2) is 50.3 Å². The summed E-state index contributed by atoms with van der Waals surface area (Å²) in [4.78, 5) is 24.4. The first-order valence-corrected chi connectivity index (χ1v) is 6.93. The average molecular weight is 272 g/mol. The topological polar surface area (TPSA) is 71.9 Å². The molecule has 0 bridgehead atoms. The van der Waals surface area contributed by atoms with Crippen LogP contribution in [0.1, 0.15) is 27.7 Å². The van der Waals surface area contributed by atoms with Crippen molar-refractivity contribution in [2.24, 2.45) is 5.92 Å². The molecule has 1 fully saturated rings. The maximum absolute atomic E-state index is 11.7. The van der Waals surface area contributed by atoms with E-state index in [1.807, 2.05) is 27.7 Å². The Morgan fingerprint density at radius 3 is 2.37 bits per heavy atom. The fourth-order valence-corrected chi connectivity index (χ4v) is 2.27. The standard InChI is InChI=1S/C13H25N3O3/c1-9(2)5-14-13(18)15-12(17)8-16-6-10(3)19-11(4)7-16/h9-11H,5-8H2,1-4H3,(H2,14,15,17,18)/p+1/t10-,11+. The van der Waals surface area contributed by atoms with Crippen molar-refractivity contribution in [3.8, 4) is 0 Å². The Hall–Kier alpha value is -1.14. The van der Waals surface area contributed by atoms with Crippen LogP contribution in [-0.2, 0) is 9.53 Å². The Kier molecular flexibility index (Phi) is 6.24. The van der Waals surface area contributed by atoms with Crippen molar-refractivity contribution in [3.63, 3.8) is 0 Å². The quantitative estimate of drug-likeness (QED) is 0.625. The molecule has 0 saturated carbocycles. The van der Waals surface area contributed by atoms with Gasteiger partial charge in [0.15, 0.2) is 6.54 Å². The number of quaternary nitrogens is 1. The lowest BCUT2D eigenvalue weighted by Crippen LogP contribution is -3.16. The van der Waals surface area contributed by atoms with Crippen molar-refractivity contribution in [3.05, 3.63) is 0 Å². The summed E-state index contributed by atoms with van der Waals surface area (Å²) in [6, 6.07) is -0.410. The molecule has 6 nitrogen and oxygen atoms in total. The summed E-state index contributed by atoms with van der Waals surface area (Å²) in [5.74, 6) is 0.130. The van der Waals surface area contributed by atoms with Gasteiger partial charge < -0.3 is 15.0 Å². The fraction of sp³-hybridized carbons (Fsp3) is 0.846. The van der Waals surface area contributed by atoms with Gasteiger partial charge in [-0.2, -0.15) is 0 Å². The fourth-order valence-electron chi connectivity index (χ4n) is 2.27. The third-order valence-corrected chi connectivity index (χ3v) is 2.95. The largest absolute Gasteiger partial charge is 0.364 e. The number of carbonyl (C=O) groups excluding carboxylic acids is 2. The smallest absolute Gasteiger partial charge is 0.321 e. The molecule has 0 aromatic rings. The van der Waals surface area contributed by atoms with E-state index < -0.39 is 6.03 Å². The summed E-state index contributed by atoms with van der Waals surface area (Å²) in [5, 5.41) is 5.02. The minimum Gasteiger partial charge on any atom is -0.364 e. The molecular formula is C13H26N3O3+. The van der Waals surface area contributed by atoms with Gasteiger partial charge in [0.05, 0.1) is 0 Å². The summed E-state index contributed by atoms with van der Waals surface area (Å²) in [7, 11) is 0. The molecule has 1 unspecified atom stereocenters. The van der Waals surface area contributed by atoms with Gasteiger partial charge >= 0.3 is 6.03 Å². The molecule has 1 heterocycles. The second-order valence-corrected chi connectivity index (χ2v) is 5.74. The van der Waals surface area contributed by atoms with Crippen LogP contribution in [0.4, 0.5) is 4.79 Å². The number of morpholine rings is 1. The number of hydrogen-bond acceptors (Lipinski definition) is 3. The lowest BCUT2D eigenvalue weighted by atomic mass is 10.2. The van der Waals surface area contributed by atoms with E-state index in [-0.39, 0.29) is 18.1 Å². The monoisotopic (exact) mass is 272 g/mol. The van der Waals surface area contributed by atoms with Gasteiger partial charge in [0, 0.05) is 6.54 Å². The number of hydrogen-bond donors (Lipinski definition) is 3. The molecule has 1 aliphatic rings. The molecule has 3 amide bonds. The van der Waals surface area contributed by atoms with Crippen LogP contribution in [0.3, 0.4) is 0 Å². The molecule has 1 saturated heterocycles. The lowest BCUT2D eigenvalue weighted by Gasteiger charge is -2.31. The van der Waals surface area contributed by atoms with Crippen LogP contribution in [0.15, 0.2) is 0 Å². The van der Waals surface area contributed by atoms with Crippen molar-refractivity contribution < 1.29 is 19.2 Å². The van der Waals surface area contributed by atoms with Gasteiger partial charge in [-0.05, 0) is 19.8 Å². The van der Waals surface area contributed by atoms with Gasteiger partial charge in [-0.1, -0.05) is 13.8 Å². The number of ether oxygens (including phenoxy) is 1. The molecule has 0 radical (unpaired) electrons. The van der Waals surface area contributed by atoms with E-state index in [0.717, 1.165) is 18.0 Å². The highest BCUT2D eigenvalue weighted by atomic mass is 16.5. The van der Waals surface area contributed by atoms with Crippen molar-refractivity contribution >= 4 is 11.9 Å². The van der Waals surface area contributed by atoms with Crippen LogP contribution in [0.5, 0.6) is 0 Å². The molecule has 19 heavy (non-hydrogen) atoms. The molecule has 3 N–H and O–H groups in total. The number of carbonyl (C=O) groups is 2. The number of rotatable bonds is 4. The summed E-state index contributed by atoms with van der Waals surface area (Å²) < 4.78 is 5.61. The number of urea groups is 1. The molecule has 110 valence electrons. The predicted octanol–water partition coefficient (Wildman–Crippen LogP) is -0.840. The van der Waals surface area contributed by atoms with Crippen molar-refractivity contribution in [1.29, 1.82) is 0 Å². The van der Waals surface area contributed by atoms with Crippen LogP contribution >= 0.6 is 0 Å². The van der Waals surface area contributed by atoms with Crippen molar-refractivity contribution in [2.75, 3.05) is 26.2 Å². The Bertz CT molecular complexity index is 310. The Morgan fingerprint density at radius 2 is 1.84 bits per heavy atom. The number of amides is 3. The third kappa shape index (κ3) is 6.54. The SMILES string of the molecule is CC(C)CNC(=O)NC(=O)C[NH+]1C[C@@H](C)O[C@@H](C)C1. The van der Waals surface area contributed by atoms with Crippen molar-refractivity contribution in [2.45, 2.75) is 39.9 Å². The molecule has 6 heteroatoms. The van der Waals surface area contributed by atoms with Crippen LogP contribution in [0.2, 0.25) is 0 Å². The highest BCUT2D eigenvalue weighted by molar-refractivity contribution is 5.94. The second-order valence-electron chi connectivity index (χ2n) is 5.74. The van der Waals surface area contributed by atoms with E-state index >= 15 is 0 Å². The summed E-state index contributed by atoms with van der Waals surface area (Å²) in [6.07, 6.45) is 0.308. The summed E-state index contributed by atoms with van der Waals surface area (Å²) in [5.41, 5.74) is 0. The number of imide groups is 1. The normalized spacial score (nSPS) is 27.1. The predicted molar refractivity (Wildman–Crippen MR) is 72.0 cm³/mol. The maximum atomic E-state index is 11.7. The van der Waals surface area contributed by atoms with E-state index in [2.05, 4.69) is 10.6 Å². The molecule has 1 aliphatic heterocycles.